The zero-order valence-electron chi connectivity index (χ0n) is 13.4. The molecule has 0 radical (unpaired) electrons. The number of aryl methyl sites for hydroxylation is 1. The summed E-state index contributed by atoms with van der Waals surface area (Å²) in [7, 11) is 0. The second kappa shape index (κ2) is 8.58. The van der Waals surface area contributed by atoms with Crippen LogP contribution in [0, 0.1) is 0 Å². The largest absolute Gasteiger partial charge is 0.357 e. The van der Waals surface area contributed by atoms with Crippen molar-refractivity contribution in [1.29, 1.82) is 0 Å². The zero-order chi connectivity index (χ0) is 15.9. The molecule has 0 atom stereocenters. The highest BCUT2D eigenvalue weighted by Crippen LogP contribution is 2.29. The van der Waals surface area contributed by atoms with Crippen molar-refractivity contribution in [2.75, 3.05) is 5.32 Å². The van der Waals surface area contributed by atoms with Crippen molar-refractivity contribution >= 4 is 28.2 Å². The maximum Gasteiger partial charge on any atom is 0.206 e. The molecule has 3 rings (SSSR count). The topological polar surface area (TPSA) is 81.4 Å². The summed E-state index contributed by atoms with van der Waals surface area (Å²) in [6.07, 6.45) is 8.72. The van der Waals surface area contributed by atoms with E-state index in [0.717, 1.165) is 40.4 Å². The minimum atomic E-state index is 0.566. The summed E-state index contributed by atoms with van der Waals surface area (Å²) in [6.45, 7) is 3.05. The monoisotopic (exact) mass is 353 g/mol. The van der Waals surface area contributed by atoms with Gasteiger partial charge >= 0.3 is 0 Å². The molecule has 0 spiro atoms. The molecule has 126 valence electrons. The molecule has 0 bridgehead atoms. The highest BCUT2D eigenvalue weighted by atomic mass is 32.2. The number of unbranched alkanes of at least 4 members (excludes halogenated alkanes) is 1. The van der Waals surface area contributed by atoms with E-state index in [1.165, 1.54) is 32.1 Å². The minimum absolute atomic E-state index is 0.566. The Kier molecular flexibility index (Phi) is 6.21. The Bertz CT molecular complexity index is 591. The lowest BCUT2D eigenvalue weighted by atomic mass is 9.96. The first-order chi connectivity index (χ1) is 11.3. The minimum Gasteiger partial charge on any atom is -0.357 e. The molecule has 2 aromatic heterocycles. The van der Waals surface area contributed by atoms with E-state index in [9.17, 15) is 0 Å². The summed E-state index contributed by atoms with van der Waals surface area (Å²) in [4.78, 5) is 0. The van der Waals surface area contributed by atoms with Crippen LogP contribution < -0.4 is 5.32 Å². The highest BCUT2D eigenvalue weighted by Gasteiger charge is 2.15. The van der Waals surface area contributed by atoms with Crippen LogP contribution in [-0.4, -0.2) is 36.4 Å². The summed E-state index contributed by atoms with van der Waals surface area (Å²) < 4.78 is 2.85. The van der Waals surface area contributed by atoms with Crippen molar-refractivity contribution in [3.05, 3.63) is 5.82 Å². The van der Waals surface area contributed by atoms with Crippen molar-refractivity contribution in [2.45, 2.75) is 74.5 Å². The van der Waals surface area contributed by atoms with Crippen LogP contribution >= 0.6 is 23.1 Å². The maximum atomic E-state index is 4.26. The van der Waals surface area contributed by atoms with E-state index in [1.807, 2.05) is 4.68 Å². The molecule has 9 heteroatoms. The third-order valence-electron chi connectivity index (χ3n) is 3.99. The average Bonchev–Trinajstić information content (AvgIpc) is 3.21. The highest BCUT2D eigenvalue weighted by molar-refractivity contribution is 8.00. The lowest BCUT2D eigenvalue weighted by Gasteiger charge is -2.21. The number of thioether (sulfide) groups is 1. The number of hydrogen-bond acceptors (Lipinski definition) is 8. The van der Waals surface area contributed by atoms with E-state index < -0.39 is 0 Å². The van der Waals surface area contributed by atoms with Crippen LogP contribution in [0.3, 0.4) is 0 Å². The smallest absolute Gasteiger partial charge is 0.206 e. The molecule has 1 N–H and O–H groups in total. The molecule has 2 heterocycles. The van der Waals surface area contributed by atoms with Gasteiger partial charge in [-0.2, -0.15) is 0 Å². The Morgan fingerprint density at radius 3 is 2.91 bits per heavy atom. The second-order valence-corrected chi connectivity index (χ2v) is 8.01. The van der Waals surface area contributed by atoms with E-state index in [1.54, 1.807) is 23.1 Å². The van der Waals surface area contributed by atoms with E-state index in [0.29, 0.717) is 6.04 Å². The number of rotatable bonds is 8. The van der Waals surface area contributed by atoms with Gasteiger partial charge in [0, 0.05) is 12.6 Å². The van der Waals surface area contributed by atoms with Crippen molar-refractivity contribution in [3.63, 3.8) is 0 Å². The van der Waals surface area contributed by atoms with Crippen LogP contribution in [0.2, 0.25) is 0 Å². The maximum absolute atomic E-state index is 4.26. The van der Waals surface area contributed by atoms with Gasteiger partial charge < -0.3 is 5.32 Å². The van der Waals surface area contributed by atoms with Crippen LogP contribution in [0.25, 0.3) is 0 Å². The summed E-state index contributed by atoms with van der Waals surface area (Å²) in [5.41, 5.74) is 0. The SMILES string of the molecule is CCCCn1nnnc1CSc1nnc(NC2CCCCC2)s1. The molecule has 2 aromatic rings. The zero-order valence-corrected chi connectivity index (χ0v) is 15.1. The fourth-order valence-electron chi connectivity index (χ4n) is 2.68. The molecule has 1 aliphatic carbocycles. The Morgan fingerprint density at radius 2 is 2.09 bits per heavy atom. The number of hydrogen-bond donors (Lipinski definition) is 1. The predicted octanol–water partition coefficient (Wildman–Crippen LogP) is 3.36. The molecular formula is C14H23N7S2. The lowest BCUT2D eigenvalue weighted by Crippen LogP contribution is -2.21. The van der Waals surface area contributed by atoms with E-state index >= 15 is 0 Å². The Balaban J connectivity index is 1.50. The first-order valence-electron chi connectivity index (χ1n) is 8.33. The molecule has 1 aliphatic rings. The molecule has 0 aliphatic heterocycles. The molecule has 1 fully saturated rings. The molecular weight excluding hydrogens is 330 g/mol. The fourth-order valence-corrected chi connectivity index (χ4v) is 4.44. The molecule has 7 nitrogen and oxygen atoms in total. The first kappa shape index (κ1) is 16.6. The van der Waals surface area contributed by atoms with Gasteiger partial charge in [-0.05, 0) is 29.7 Å². The summed E-state index contributed by atoms with van der Waals surface area (Å²) in [5.74, 6) is 1.63. The van der Waals surface area contributed by atoms with Gasteiger partial charge in [-0.15, -0.1) is 15.3 Å². The summed E-state index contributed by atoms with van der Waals surface area (Å²) >= 11 is 3.27. The van der Waals surface area contributed by atoms with E-state index in [2.05, 4.69) is 38.0 Å². The molecule has 0 aromatic carbocycles. The van der Waals surface area contributed by atoms with Gasteiger partial charge in [0.25, 0.3) is 0 Å². The molecule has 0 amide bonds. The van der Waals surface area contributed by atoms with Crippen molar-refractivity contribution in [1.82, 2.24) is 30.4 Å². The molecule has 1 saturated carbocycles. The second-order valence-electron chi connectivity index (χ2n) is 5.81. The van der Waals surface area contributed by atoms with Crippen LogP contribution in [0.1, 0.15) is 57.7 Å². The third-order valence-corrected chi connectivity index (χ3v) is 5.98. The number of tetrazole rings is 1. The summed E-state index contributed by atoms with van der Waals surface area (Å²) in [6, 6.07) is 0.566. The Hall–Kier alpha value is -1.22. The van der Waals surface area contributed by atoms with Gasteiger partial charge in [-0.3, -0.25) is 0 Å². The van der Waals surface area contributed by atoms with Gasteiger partial charge in [0.15, 0.2) is 10.2 Å². The van der Waals surface area contributed by atoms with Gasteiger partial charge in [-0.1, -0.05) is 55.7 Å². The standard InChI is InChI=1S/C14H23N7S2/c1-2-3-9-21-12(16-19-20-21)10-22-14-18-17-13(23-14)15-11-7-5-4-6-8-11/h11H,2-10H2,1H3,(H,15,17). The third kappa shape index (κ3) is 4.87. The Morgan fingerprint density at radius 1 is 1.22 bits per heavy atom. The van der Waals surface area contributed by atoms with Crippen LogP contribution in [0.5, 0.6) is 0 Å². The van der Waals surface area contributed by atoms with Gasteiger partial charge in [0.2, 0.25) is 5.13 Å². The number of nitrogens with zero attached hydrogens (tertiary/aromatic N) is 6. The Labute approximate surface area is 144 Å². The number of aromatic nitrogens is 6. The van der Waals surface area contributed by atoms with Crippen molar-refractivity contribution < 1.29 is 0 Å². The van der Waals surface area contributed by atoms with Crippen molar-refractivity contribution in [2.24, 2.45) is 0 Å². The van der Waals surface area contributed by atoms with Crippen LogP contribution in [0.4, 0.5) is 5.13 Å². The van der Waals surface area contributed by atoms with Gasteiger partial charge in [-0.25, -0.2) is 4.68 Å². The van der Waals surface area contributed by atoms with Crippen LogP contribution in [-0.2, 0) is 12.3 Å². The average molecular weight is 354 g/mol. The lowest BCUT2D eigenvalue weighted by molar-refractivity contribution is 0.462. The number of nitrogens with one attached hydrogen (secondary N) is 1. The van der Waals surface area contributed by atoms with Gasteiger partial charge in [0.05, 0.1) is 5.75 Å². The van der Waals surface area contributed by atoms with Gasteiger partial charge in [0.1, 0.15) is 0 Å². The van der Waals surface area contributed by atoms with Crippen molar-refractivity contribution in [3.8, 4) is 0 Å². The molecule has 0 unspecified atom stereocenters. The van der Waals surface area contributed by atoms with E-state index in [4.69, 9.17) is 0 Å². The predicted molar refractivity (Wildman–Crippen MR) is 92.7 cm³/mol. The van der Waals surface area contributed by atoms with Crippen LogP contribution in [0.15, 0.2) is 4.34 Å². The normalized spacial score (nSPS) is 15.9. The summed E-state index contributed by atoms with van der Waals surface area (Å²) in [5, 5.41) is 24.9. The molecule has 23 heavy (non-hydrogen) atoms. The number of anilines is 1. The first-order valence-corrected chi connectivity index (χ1v) is 10.1. The quantitative estimate of drug-likeness (QED) is 0.729. The fraction of sp³-hybridized carbons (Fsp3) is 0.786. The van der Waals surface area contributed by atoms with E-state index in [-0.39, 0.29) is 0 Å². The molecule has 0 saturated heterocycles.